The molecule has 0 unspecified atom stereocenters. The molecular formula is C15H20ClNO. The molecule has 0 saturated carbocycles. The Bertz CT molecular complexity index is 436. The smallest absolute Gasteiger partial charge is 0.237 e. The van der Waals surface area contributed by atoms with Crippen molar-refractivity contribution in [1.82, 2.24) is 4.90 Å². The summed E-state index contributed by atoms with van der Waals surface area (Å²) in [6.45, 7) is 5.98. The number of carbonyl (C=O) groups is 1. The molecule has 1 amide bonds. The summed E-state index contributed by atoms with van der Waals surface area (Å²) in [6, 6.07) is 6.64. The average molecular weight is 266 g/mol. The van der Waals surface area contributed by atoms with Gasteiger partial charge in [0.2, 0.25) is 5.91 Å². The van der Waals surface area contributed by atoms with E-state index in [1.807, 2.05) is 4.90 Å². The Hall–Kier alpha value is -1.02. The molecule has 0 aliphatic carbocycles. The maximum Gasteiger partial charge on any atom is 0.237 e. The van der Waals surface area contributed by atoms with E-state index >= 15 is 0 Å². The highest BCUT2D eigenvalue weighted by molar-refractivity contribution is 6.27. The van der Waals surface area contributed by atoms with E-state index in [1.54, 1.807) is 0 Å². The molecule has 1 aliphatic rings. The van der Waals surface area contributed by atoms with Gasteiger partial charge < -0.3 is 4.90 Å². The van der Waals surface area contributed by atoms with Crippen molar-refractivity contribution in [3.63, 3.8) is 0 Å². The van der Waals surface area contributed by atoms with Crippen LogP contribution in [-0.2, 0) is 4.79 Å². The molecule has 0 spiro atoms. The Kier molecular flexibility index (Phi) is 4.28. The molecule has 98 valence electrons. The van der Waals surface area contributed by atoms with Crippen LogP contribution in [0.5, 0.6) is 0 Å². The van der Waals surface area contributed by atoms with E-state index < -0.39 is 0 Å². The summed E-state index contributed by atoms with van der Waals surface area (Å²) >= 11 is 5.59. The lowest BCUT2D eigenvalue weighted by atomic mass is 9.86. The zero-order chi connectivity index (χ0) is 13.1. The van der Waals surface area contributed by atoms with Gasteiger partial charge in [-0.25, -0.2) is 0 Å². The molecule has 0 bridgehead atoms. The number of benzene rings is 1. The van der Waals surface area contributed by atoms with E-state index in [0.717, 1.165) is 25.9 Å². The minimum absolute atomic E-state index is 0.0658. The number of aryl methyl sites for hydroxylation is 2. The third-order valence-corrected chi connectivity index (χ3v) is 4.07. The first-order valence-corrected chi connectivity index (χ1v) is 7.06. The summed E-state index contributed by atoms with van der Waals surface area (Å²) in [5, 5.41) is 0. The molecule has 0 atom stereocenters. The SMILES string of the molecule is Cc1ccc(C)c(C2CCN(C(=O)CCl)CC2)c1. The number of rotatable bonds is 2. The van der Waals surface area contributed by atoms with Crippen LogP contribution in [0.25, 0.3) is 0 Å². The second-order valence-corrected chi connectivity index (χ2v) is 5.42. The Morgan fingerprint density at radius 3 is 2.61 bits per heavy atom. The summed E-state index contributed by atoms with van der Waals surface area (Å²) in [5.74, 6) is 0.758. The number of hydrogen-bond acceptors (Lipinski definition) is 1. The quantitative estimate of drug-likeness (QED) is 0.752. The number of likely N-dealkylation sites (tertiary alicyclic amines) is 1. The average Bonchev–Trinajstić information content (AvgIpc) is 2.41. The fourth-order valence-corrected chi connectivity index (χ4v) is 2.89. The summed E-state index contributed by atoms with van der Waals surface area (Å²) in [6.07, 6.45) is 2.10. The number of piperidine rings is 1. The van der Waals surface area contributed by atoms with Crippen molar-refractivity contribution in [1.29, 1.82) is 0 Å². The molecule has 3 heteroatoms. The largest absolute Gasteiger partial charge is 0.342 e. The van der Waals surface area contributed by atoms with Gasteiger partial charge in [-0.05, 0) is 43.7 Å². The minimum atomic E-state index is 0.0658. The van der Waals surface area contributed by atoms with E-state index in [2.05, 4.69) is 32.0 Å². The van der Waals surface area contributed by atoms with Crippen LogP contribution < -0.4 is 0 Å². The van der Waals surface area contributed by atoms with Gasteiger partial charge in [0.25, 0.3) is 0 Å². The van der Waals surface area contributed by atoms with Crippen LogP contribution in [0.15, 0.2) is 18.2 Å². The van der Waals surface area contributed by atoms with Crippen molar-refractivity contribution in [2.45, 2.75) is 32.6 Å². The Balaban J connectivity index is 2.05. The summed E-state index contributed by atoms with van der Waals surface area (Å²) in [7, 11) is 0. The lowest BCUT2D eigenvalue weighted by Crippen LogP contribution is -2.38. The molecular weight excluding hydrogens is 246 g/mol. The maximum atomic E-state index is 11.5. The van der Waals surface area contributed by atoms with E-state index in [0.29, 0.717) is 5.92 Å². The van der Waals surface area contributed by atoms with Gasteiger partial charge in [0.15, 0.2) is 0 Å². The molecule has 1 fully saturated rings. The van der Waals surface area contributed by atoms with E-state index in [1.165, 1.54) is 16.7 Å². The van der Waals surface area contributed by atoms with Gasteiger partial charge >= 0.3 is 0 Å². The predicted molar refractivity (Wildman–Crippen MR) is 75.2 cm³/mol. The molecule has 0 aromatic heterocycles. The van der Waals surface area contributed by atoms with Gasteiger partial charge in [0, 0.05) is 13.1 Å². The van der Waals surface area contributed by atoms with Crippen LogP contribution in [0.1, 0.15) is 35.4 Å². The standard InChI is InChI=1S/C15H20ClNO/c1-11-3-4-12(2)14(9-11)13-5-7-17(8-6-13)15(18)10-16/h3-4,9,13H,5-8,10H2,1-2H3. The fourth-order valence-electron chi connectivity index (χ4n) is 2.72. The number of nitrogens with zero attached hydrogens (tertiary/aromatic N) is 1. The number of amides is 1. The van der Waals surface area contributed by atoms with Gasteiger partial charge in [-0.3, -0.25) is 4.79 Å². The van der Waals surface area contributed by atoms with Crippen LogP contribution >= 0.6 is 11.6 Å². The minimum Gasteiger partial charge on any atom is -0.342 e. The van der Waals surface area contributed by atoms with Crippen molar-refractivity contribution in [3.05, 3.63) is 34.9 Å². The predicted octanol–water partition coefficient (Wildman–Crippen LogP) is 3.25. The van der Waals surface area contributed by atoms with Crippen molar-refractivity contribution in [2.24, 2.45) is 0 Å². The van der Waals surface area contributed by atoms with Crippen LogP contribution in [-0.4, -0.2) is 29.8 Å². The van der Waals surface area contributed by atoms with Crippen molar-refractivity contribution >= 4 is 17.5 Å². The number of carbonyl (C=O) groups excluding carboxylic acids is 1. The number of halogens is 1. The van der Waals surface area contributed by atoms with Crippen LogP contribution in [0.2, 0.25) is 0 Å². The maximum absolute atomic E-state index is 11.5. The Morgan fingerprint density at radius 1 is 1.33 bits per heavy atom. The van der Waals surface area contributed by atoms with Crippen LogP contribution in [0, 0.1) is 13.8 Å². The fraction of sp³-hybridized carbons (Fsp3) is 0.533. The summed E-state index contributed by atoms with van der Waals surface area (Å²) in [5.41, 5.74) is 4.13. The molecule has 1 aromatic carbocycles. The van der Waals surface area contributed by atoms with Crippen LogP contribution in [0.4, 0.5) is 0 Å². The summed E-state index contributed by atoms with van der Waals surface area (Å²) < 4.78 is 0. The Morgan fingerprint density at radius 2 is 2.00 bits per heavy atom. The monoisotopic (exact) mass is 265 g/mol. The van der Waals surface area contributed by atoms with Crippen molar-refractivity contribution < 1.29 is 4.79 Å². The lowest BCUT2D eigenvalue weighted by molar-refractivity contribution is -0.129. The molecule has 1 aliphatic heterocycles. The van der Waals surface area contributed by atoms with Gasteiger partial charge in [-0.15, -0.1) is 11.6 Å². The molecule has 2 nitrogen and oxygen atoms in total. The molecule has 0 N–H and O–H groups in total. The molecule has 1 aromatic rings. The first-order chi connectivity index (χ1) is 8.61. The highest BCUT2D eigenvalue weighted by atomic mass is 35.5. The van der Waals surface area contributed by atoms with E-state index in [-0.39, 0.29) is 11.8 Å². The number of alkyl halides is 1. The van der Waals surface area contributed by atoms with Gasteiger partial charge in [-0.2, -0.15) is 0 Å². The van der Waals surface area contributed by atoms with E-state index in [9.17, 15) is 4.79 Å². The summed E-state index contributed by atoms with van der Waals surface area (Å²) in [4.78, 5) is 13.4. The highest BCUT2D eigenvalue weighted by Crippen LogP contribution is 2.30. The number of hydrogen-bond donors (Lipinski definition) is 0. The Labute approximate surface area is 114 Å². The normalized spacial score (nSPS) is 16.9. The second kappa shape index (κ2) is 5.75. The molecule has 18 heavy (non-hydrogen) atoms. The topological polar surface area (TPSA) is 20.3 Å². The molecule has 1 heterocycles. The zero-order valence-electron chi connectivity index (χ0n) is 11.1. The molecule has 1 saturated heterocycles. The first-order valence-electron chi connectivity index (χ1n) is 6.52. The lowest BCUT2D eigenvalue weighted by Gasteiger charge is -2.32. The second-order valence-electron chi connectivity index (χ2n) is 5.15. The third kappa shape index (κ3) is 2.86. The van der Waals surface area contributed by atoms with Gasteiger partial charge in [0.05, 0.1) is 0 Å². The van der Waals surface area contributed by atoms with Crippen molar-refractivity contribution in [3.8, 4) is 0 Å². The van der Waals surface area contributed by atoms with E-state index in [4.69, 9.17) is 11.6 Å². The highest BCUT2D eigenvalue weighted by Gasteiger charge is 2.24. The zero-order valence-corrected chi connectivity index (χ0v) is 11.8. The van der Waals surface area contributed by atoms with Gasteiger partial charge in [0.1, 0.15) is 5.88 Å². The third-order valence-electron chi connectivity index (χ3n) is 3.84. The van der Waals surface area contributed by atoms with Crippen LogP contribution in [0.3, 0.4) is 0 Å². The molecule has 0 radical (unpaired) electrons. The van der Waals surface area contributed by atoms with Crippen molar-refractivity contribution in [2.75, 3.05) is 19.0 Å². The van der Waals surface area contributed by atoms with Gasteiger partial charge in [-0.1, -0.05) is 23.8 Å². The molecule has 2 rings (SSSR count). The first kappa shape index (κ1) is 13.4.